The van der Waals surface area contributed by atoms with Crippen molar-refractivity contribution in [3.8, 4) is 0 Å². The lowest BCUT2D eigenvalue weighted by molar-refractivity contribution is -0.141. The number of nitrogens with two attached hydrogens (primary N) is 1. The van der Waals surface area contributed by atoms with E-state index in [1.807, 2.05) is 0 Å². The number of carbonyl (C=O) groups excluding carboxylic acids is 1. The maximum absolute atomic E-state index is 12.1. The molecular formula is C7H8F3N3O. The molecule has 1 aromatic heterocycles. The predicted octanol–water partition coefficient (Wildman–Crippen LogP) is 0.696. The summed E-state index contributed by atoms with van der Waals surface area (Å²) in [4.78, 5) is 10.5. The third kappa shape index (κ3) is 2.24. The Morgan fingerprint density at radius 1 is 1.64 bits per heavy atom. The Hall–Kier alpha value is -1.53. The van der Waals surface area contributed by atoms with E-state index in [0.29, 0.717) is 0 Å². The number of hydrogen-bond acceptors (Lipinski definition) is 2. The third-order valence-corrected chi connectivity index (χ3v) is 1.58. The summed E-state index contributed by atoms with van der Waals surface area (Å²) in [5, 5.41) is 3.21. The molecule has 1 aromatic rings. The topological polar surface area (TPSA) is 60.9 Å². The molecule has 0 saturated carbocycles. The zero-order valence-electron chi connectivity index (χ0n) is 7.30. The van der Waals surface area contributed by atoms with Crippen LogP contribution in [-0.4, -0.2) is 15.7 Å². The van der Waals surface area contributed by atoms with Crippen LogP contribution < -0.4 is 5.73 Å². The number of aryl methyl sites for hydroxylation is 1. The molecule has 1 heterocycles. The maximum atomic E-state index is 12.1. The van der Waals surface area contributed by atoms with E-state index in [2.05, 4.69) is 5.10 Å². The summed E-state index contributed by atoms with van der Waals surface area (Å²) in [5.74, 6) is -0.732. The summed E-state index contributed by atoms with van der Waals surface area (Å²) >= 11 is 0. The molecule has 7 heteroatoms. The zero-order chi connectivity index (χ0) is 10.9. The molecule has 78 valence electrons. The lowest BCUT2D eigenvalue weighted by Crippen LogP contribution is -2.20. The highest BCUT2D eigenvalue weighted by molar-refractivity contribution is 5.73. The number of rotatable bonds is 2. The highest BCUT2D eigenvalue weighted by Gasteiger charge is 2.34. The molecule has 14 heavy (non-hydrogen) atoms. The first-order chi connectivity index (χ1) is 6.30. The summed E-state index contributed by atoms with van der Waals surface area (Å²) < 4.78 is 37.3. The van der Waals surface area contributed by atoms with Gasteiger partial charge in [0.25, 0.3) is 0 Å². The van der Waals surface area contributed by atoms with Gasteiger partial charge in [0.05, 0.1) is 0 Å². The molecule has 0 fully saturated rings. The molecule has 0 unspecified atom stereocenters. The Kier molecular flexibility index (Phi) is 2.50. The summed E-state index contributed by atoms with van der Waals surface area (Å²) in [6, 6.07) is 0.864. The van der Waals surface area contributed by atoms with Gasteiger partial charge in [-0.05, 0) is 13.0 Å². The standard InChI is InChI=1S/C7H8F3N3O/c1-4-2-5(7(8,9)10)12-13(4)3-6(11)14/h2H,3H2,1H3,(H2,11,14). The van der Waals surface area contributed by atoms with Crippen molar-refractivity contribution in [1.29, 1.82) is 0 Å². The van der Waals surface area contributed by atoms with Crippen LogP contribution in [-0.2, 0) is 17.5 Å². The molecule has 0 radical (unpaired) electrons. The maximum Gasteiger partial charge on any atom is 0.435 e. The molecule has 0 aliphatic heterocycles. The summed E-state index contributed by atoms with van der Waals surface area (Å²) in [6.45, 7) is 1.08. The van der Waals surface area contributed by atoms with Crippen molar-refractivity contribution in [1.82, 2.24) is 9.78 Å². The van der Waals surface area contributed by atoms with Crippen molar-refractivity contribution in [2.75, 3.05) is 0 Å². The molecule has 1 amide bonds. The Labute approximate surface area is 77.5 Å². The minimum Gasteiger partial charge on any atom is -0.368 e. The van der Waals surface area contributed by atoms with Crippen LogP contribution in [0.1, 0.15) is 11.4 Å². The molecule has 4 nitrogen and oxygen atoms in total. The van der Waals surface area contributed by atoms with Crippen molar-refractivity contribution >= 4 is 5.91 Å². The largest absolute Gasteiger partial charge is 0.435 e. The molecular weight excluding hydrogens is 199 g/mol. The second kappa shape index (κ2) is 3.32. The monoisotopic (exact) mass is 207 g/mol. The van der Waals surface area contributed by atoms with Gasteiger partial charge in [0.2, 0.25) is 5.91 Å². The van der Waals surface area contributed by atoms with Gasteiger partial charge in [0.1, 0.15) is 6.54 Å². The van der Waals surface area contributed by atoms with E-state index in [9.17, 15) is 18.0 Å². The summed E-state index contributed by atoms with van der Waals surface area (Å²) in [5.41, 5.74) is 4.06. The van der Waals surface area contributed by atoms with Gasteiger partial charge in [-0.1, -0.05) is 0 Å². The van der Waals surface area contributed by atoms with Gasteiger partial charge in [-0.2, -0.15) is 18.3 Å². The highest BCUT2D eigenvalue weighted by atomic mass is 19.4. The fourth-order valence-corrected chi connectivity index (χ4v) is 0.956. The molecule has 0 saturated heterocycles. The van der Waals surface area contributed by atoms with E-state index in [-0.39, 0.29) is 12.2 Å². The lowest BCUT2D eigenvalue weighted by atomic mass is 10.4. The summed E-state index contributed by atoms with van der Waals surface area (Å²) in [7, 11) is 0. The van der Waals surface area contributed by atoms with Crippen LogP contribution in [0, 0.1) is 6.92 Å². The van der Waals surface area contributed by atoms with Gasteiger partial charge in [-0.15, -0.1) is 0 Å². The summed E-state index contributed by atoms with van der Waals surface area (Å²) in [6.07, 6.45) is -4.49. The number of halogens is 3. The van der Waals surface area contributed by atoms with E-state index in [4.69, 9.17) is 5.73 Å². The quantitative estimate of drug-likeness (QED) is 0.775. The third-order valence-electron chi connectivity index (χ3n) is 1.58. The van der Waals surface area contributed by atoms with Crippen LogP contribution >= 0.6 is 0 Å². The minimum atomic E-state index is -4.49. The van der Waals surface area contributed by atoms with Crippen molar-refractivity contribution in [3.05, 3.63) is 17.5 Å². The average molecular weight is 207 g/mol. The van der Waals surface area contributed by atoms with E-state index in [0.717, 1.165) is 10.7 Å². The Morgan fingerprint density at radius 2 is 2.21 bits per heavy atom. The second-order valence-electron chi connectivity index (χ2n) is 2.79. The number of carbonyl (C=O) groups is 1. The number of hydrogen-bond donors (Lipinski definition) is 1. The SMILES string of the molecule is Cc1cc(C(F)(F)F)nn1CC(N)=O. The van der Waals surface area contributed by atoms with E-state index in [1.54, 1.807) is 0 Å². The molecule has 0 aliphatic carbocycles. The Morgan fingerprint density at radius 3 is 2.57 bits per heavy atom. The molecule has 2 N–H and O–H groups in total. The van der Waals surface area contributed by atoms with Crippen molar-refractivity contribution in [3.63, 3.8) is 0 Å². The van der Waals surface area contributed by atoms with Gasteiger partial charge in [-0.25, -0.2) is 0 Å². The van der Waals surface area contributed by atoms with Crippen LogP contribution in [0.5, 0.6) is 0 Å². The average Bonchev–Trinajstić information content (AvgIpc) is 2.30. The normalized spacial score (nSPS) is 11.7. The number of aromatic nitrogens is 2. The molecule has 0 aromatic carbocycles. The van der Waals surface area contributed by atoms with Crippen molar-refractivity contribution in [2.24, 2.45) is 5.73 Å². The van der Waals surface area contributed by atoms with Gasteiger partial charge in [0, 0.05) is 5.69 Å². The van der Waals surface area contributed by atoms with Crippen molar-refractivity contribution in [2.45, 2.75) is 19.6 Å². The van der Waals surface area contributed by atoms with Crippen molar-refractivity contribution < 1.29 is 18.0 Å². The molecule has 0 atom stereocenters. The smallest absolute Gasteiger partial charge is 0.368 e. The number of amides is 1. The van der Waals surface area contributed by atoms with Crippen LogP contribution in [0.25, 0.3) is 0 Å². The van der Waals surface area contributed by atoms with E-state index >= 15 is 0 Å². The highest BCUT2D eigenvalue weighted by Crippen LogP contribution is 2.28. The van der Waals surface area contributed by atoms with Gasteiger partial charge in [-0.3, -0.25) is 9.48 Å². The minimum absolute atomic E-state index is 0.246. The first-order valence-electron chi connectivity index (χ1n) is 3.70. The molecule has 1 rings (SSSR count). The fraction of sp³-hybridized carbons (Fsp3) is 0.429. The molecule has 0 spiro atoms. The second-order valence-corrected chi connectivity index (χ2v) is 2.79. The Balaban J connectivity index is 2.99. The number of nitrogens with zero attached hydrogens (tertiary/aromatic N) is 2. The van der Waals surface area contributed by atoms with Gasteiger partial charge in [0.15, 0.2) is 5.69 Å². The van der Waals surface area contributed by atoms with Crippen LogP contribution in [0.3, 0.4) is 0 Å². The first kappa shape index (κ1) is 10.6. The molecule has 0 aliphatic rings. The predicted molar refractivity (Wildman–Crippen MR) is 41.2 cm³/mol. The lowest BCUT2D eigenvalue weighted by Gasteiger charge is -2.01. The number of primary amides is 1. The van der Waals surface area contributed by atoms with Crippen LogP contribution in [0.2, 0.25) is 0 Å². The van der Waals surface area contributed by atoms with E-state index < -0.39 is 17.8 Å². The zero-order valence-corrected chi connectivity index (χ0v) is 7.30. The van der Waals surface area contributed by atoms with Crippen LogP contribution in [0.4, 0.5) is 13.2 Å². The van der Waals surface area contributed by atoms with E-state index in [1.165, 1.54) is 6.92 Å². The fourth-order valence-electron chi connectivity index (χ4n) is 0.956. The van der Waals surface area contributed by atoms with Gasteiger partial charge >= 0.3 is 6.18 Å². The Bertz CT molecular complexity index is 356. The first-order valence-corrected chi connectivity index (χ1v) is 3.70. The van der Waals surface area contributed by atoms with Gasteiger partial charge < -0.3 is 5.73 Å². The van der Waals surface area contributed by atoms with Crippen LogP contribution in [0.15, 0.2) is 6.07 Å². The molecule has 0 bridgehead atoms. The number of alkyl halides is 3.